The van der Waals surface area contributed by atoms with E-state index in [1.807, 2.05) is 0 Å². The SMILES string of the molecule is CC(=O)c1ccc(OC2CCOC2=O)cc1. The summed E-state index contributed by atoms with van der Waals surface area (Å²) in [6.07, 6.45) is 0.0657. The lowest BCUT2D eigenvalue weighted by Crippen LogP contribution is -2.21. The maximum absolute atomic E-state index is 11.2. The minimum absolute atomic E-state index is 0.00632. The van der Waals surface area contributed by atoms with Crippen molar-refractivity contribution in [3.05, 3.63) is 29.8 Å². The monoisotopic (exact) mass is 220 g/mol. The zero-order chi connectivity index (χ0) is 11.5. The molecule has 0 spiro atoms. The van der Waals surface area contributed by atoms with Gasteiger partial charge in [0.1, 0.15) is 5.75 Å². The van der Waals surface area contributed by atoms with Gasteiger partial charge in [0.15, 0.2) is 11.9 Å². The third-order valence-electron chi connectivity index (χ3n) is 2.43. The fourth-order valence-corrected chi connectivity index (χ4v) is 1.52. The summed E-state index contributed by atoms with van der Waals surface area (Å²) in [5.41, 5.74) is 0.626. The van der Waals surface area contributed by atoms with E-state index in [0.29, 0.717) is 24.3 Å². The van der Waals surface area contributed by atoms with E-state index in [4.69, 9.17) is 9.47 Å². The maximum Gasteiger partial charge on any atom is 0.347 e. The van der Waals surface area contributed by atoms with Crippen LogP contribution < -0.4 is 4.74 Å². The molecule has 0 radical (unpaired) electrons. The Morgan fingerprint density at radius 3 is 2.56 bits per heavy atom. The number of ether oxygens (including phenoxy) is 2. The van der Waals surface area contributed by atoms with Crippen molar-refractivity contribution in [2.45, 2.75) is 19.4 Å². The van der Waals surface area contributed by atoms with Crippen LogP contribution in [0, 0.1) is 0 Å². The maximum atomic E-state index is 11.2. The second-order valence-electron chi connectivity index (χ2n) is 3.64. The molecule has 4 nitrogen and oxygen atoms in total. The molecule has 1 atom stereocenters. The lowest BCUT2D eigenvalue weighted by Gasteiger charge is -2.09. The molecule has 0 aromatic heterocycles. The minimum atomic E-state index is -0.511. The van der Waals surface area contributed by atoms with E-state index < -0.39 is 6.10 Å². The molecule has 1 fully saturated rings. The lowest BCUT2D eigenvalue weighted by atomic mass is 10.1. The Labute approximate surface area is 93.2 Å². The summed E-state index contributed by atoms with van der Waals surface area (Å²) in [5.74, 6) is 0.260. The van der Waals surface area contributed by atoms with Gasteiger partial charge >= 0.3 is 5.97 Å². The zero-order valence-corrected chi connectivity index (χ0v) is 8.93. The number of hydrogen-bond donors (Lipinski definition) is 0. The first-order chi connectivity index (χ1) is 7.66. The first-order valence-electron chi connectivity index (χ1n) is 5.11. The molecule has 0 bridgehead atoms. The van der Waals surface area contributed by atoms with E-state index >= 15 is 0 Å². The van der Waals surface area contributed by atoms with Crippen LogP contribution in [0.5, 0.6) is 5.75 Å². The van der Waals surface area contributed by atoms with Gasteiger partial charge in [-0.25, -0.2) is 4.79 Å². The molecule has 0 N–H and O–H groups in total. The van der Waals surface area contributed by atoms with Gasteiger partial charge in [0, 0.05) is 12.0 Å². The zero-order valence-electron chi connectivity index (χ0n) is 8.93. The molecule has 1 unspecified atom stereocenters. The first-order valence-corrected chi connectivity index (χ1v) is 5.11. The highest BCUT2D eigenvalue weighted by Crippen LogP contribution is 2.18. The molecule has 0 amide bonds. The van der Waals surface area contributed by atoms with Crippen LogP contribution in [0.2, 0.25) is 0 Å². The molecule has 1 aromatic carbocycles. The van der Waals surface area contributed by atoms with Gasteiger partial charge in [0.2, 0.25) is 0 Å². The van der Waals surface area contributed by atoms with E-state index in [2.05, 4.69) is 0 Å². The van der Waals surface area contributed by atoms with E-state index in [-0.39, 0.29) is 11.8 Å². The molecule has 2 rings (SSSR count). The normalized spacial score (nSPS) is 19.3. The predicted octanol–water partition coefficient (Wildman–Crippen LogP) is 1.58. The van der Waals surface area contributed by atoms with Crippen LogP contribution in [0.1, 0.15) is 23.7 Å². The number of ketones is 1. The molecule has 0 saturated carbocycles. The van der Waals surface area contributed by atoms with E-state index in [9.17, 15) is 9.59 Å². The van der Waals surface area contributed by atoms with Gasteiger partial charge in [0.05, 0.1) is 6.61 Å². The minimum Gasteiger partial charge on any atom is -0.479 e. The number of cyclic esters (lactones) is 1. The van der Waals surface area contributed by atoms with Crippen LogP contribution in [0.3, 0.4) is 0 Å². The Hall–Kier alpha value is -1.84. The van der Waals surface area contributed by atoms with Gasteiger partial charge in [-0.05, 0) is 31.2 Å². The van der Waals surface area contributed by atoms with E-state index in [1.165, 1.54) is 6.92 Å². The Kier molecular flexibility index (Phi) is 2.90. The highest BCUT2D eigenvalue weighted by Gasteiger charge is 2.28. The molecular weight excluding hydrogens is 208 g/mol. The molecular formula is C12H12O4. The first kappa shape index (κ1) is 10.7. The molecule has 84 valence electrons. The topological polar surface area (TPSA) is 52.6 Å². The Bertz CT molecular complexity index is 408. The highest BCUT2D eigenvalue weighted by molar-refractivity contribution is 5.94. The summed E-state index contributed by atoms with van der Waals surface area (Å²) in [7, 11) is 0. The van der Waals surface area contributed by atoms with Crippen molar-refractivity contribution in [3.8, 4) is 5.75 Å². The molecule has 4 heteroatoms. The summed E-state index contributed by atoms with van der Waals surface area (Å²) in [5, 5.41) is 0. The van der Waals surface area contributed by atoms with Crippen molar-refractivity contribution in [1.82, 2.24) is 0 Å². The number of rotatable bonds is 3. The Morgan fingerprint density at radius 1 is 1.38 bits per heavy atom. The summed E-state index contributed by atoms with van der Waals surface area (Å²) >= 11 is 0. The fourth-order valence-electron chi connectivity index (χ4n) is 1.52. The van der Waals surface area contributed by atoms with Crippen LogP contribution in [-0.2, 0) is 9.53 Å². The van der Waals surface area contributed by atoms with Crippen LogP contribution in [0.4, 0.5) is 0 Å². The van der Waals surface area contributed by atoms with Gasteiger partial charge in [-0.1, -0.05) is 0 Å². The molecule has 0 aliphatic carbocycles. The van der Waals surface area contributed by atoms with Crippen molar-refractivity contribution < 1.29 is 19.1 Å². The van der Waals surface area contributed by atoms with Crippen LogP contribution >= 0.6 is 0 Å². The number of benzene rings is 1. The van der Waals surface area contributed by atoms with Crippen molar-refractivity contribution in [2.24, 2.45) is 0 Å². The largest absolute Gasteiger partial charge is 0.479 e. The second kappa shape index (κ2) is 4.35. The number of Topliss-reactive ketones (excluding diaryl/α,β-unsaturated/α-hetero) is 1. The molecule has 1 aromatic rings. The predicted molar refractivity (Wildman–Crippen MR) is 56.4 cm³/mol. The van der Waals surface area contributed by atoms with Crippen molar-refractivity contribution in [2.75, 3.05) is 6.61 Å². The van der Waals surface area contributed by atoms with Gasteiger partial charge in [-0.3, -0.25) is 4.79 Å². The summed E-state index contributed by atoms with van der Waals surface area (Å²) in [4.78, 5) is 22.2. The quantitative estimate of drug-likeness (QED) is 0.573. The van der Waals surface area contributed by atoms with E-state index in [1.54, 1.807) is 24.3 Å². The van der Waals surface area contributed by atoms with Crippen LogP contribution in [0.15, 0.2) is 24.3 Å². The second-order valence-corrected chi connectivity index (χ2v) is 3.64. The summed E-state index contributed by atoms with van der Waals surface area (Å²) in [6, 6.07) is 6.72. The van der Waals surface area contributed by atoms with Gasteiger partial charge in [0.25, 0.3) is 0 Å². The van der Waals surface area contributed by atoms with Crippen LogP contribution in [0.25, 0.3) is 0 Å². The van der Waals surface area contributed by atoms with Crippen molar-refractivity contribution in [3.63, 3.8) is 0 Å². The standard InChI is InChI=1S/C12H12O4/c1-8(13)9-2-4-10(5-3-9)16-11-6-7-15-12(11)14/h2-5,11H,6-7H2,1H3. The third kappa shape index (κ3) is 2.21. The van der Waals surface area contributed by atoms with Crippen molar-refractivity contribution >= 4 is 11.8 Å². The third-order valence-corrected chi connectivity index (χ3v) is 2.43. The van der Waals surface area contributed by atoms with Gasteiger partial charge in [-0.2, -0.15) is 0 Å². The number of carbonyl (C=O) groups excluding carboxylic acids is 2. The van der Waals surface area contributed by atoms with Gasteiger partial charge in [-0.15, -0.1) is 0 Å². The van der Waals surface area contributed by atoms with E-state index in [0.717, 1.165) is 0 Å². The number of hydrogen-bond acceptors (Lipinski definition) is 4. The Balaban J connectivity index is 2.05. The average Bonchev–Trinajstić information content (AvgIpc) is 2.65. The number of esters is 1. The summed E-state index contributed by atoms with van der Waals surface area (Å²) < 4.78 is 10.2. The molecule has 1 heterocycles. The highest BCUT2D eigenvalue weighted by atomic mass is 16.6. The van der Waals surface area contributed by atoms with Crippen LogP contribution in [-0.4, -0.2) is 24.5 Å². The smallest absolute Gasteiger partial charge is 0.347 e. The van der Waals surface area contributed by atoms with Gasteiger partial charge < -0.3 is 9.47 Å². The Morgan fingerprint density at radius 2 is 2.06 bits per heavy atom. The molecule has 1 aliphatic heterocycles. The van der Waals surface area contributed by atoms with Crippen molar-refractivity contribution in [1.29, 1.82) is 0 Å². The fraction of sp³-hybridized carbons (Fsp3) is 0.333. The molecule has 1 aliphatic rings. The summed E-state index contributed by atoms with van der Waals surface area (Å²) in [6.45, 7) is 1.92. The molecule has 1 saturated heterocycles. The molecule has 16 heavy (non-hydrogen) atoms. The average molecular weight is 220 g/mol. The number of carbonyl (C=O) groups is 2. The lowest BCUT2D eigenvalue weighted by molar-refractivity contribution is -0.143.